The molecule has 0 atom stereocenters. The second kappa shape index (κ2) is 6.06. The summed E-state index contributed by atoms with van der Waals surface area (Å²) in [5.41, 5.74) is 2.50. The molecule has 1 aromatic rings. The lowest BCUT2D eigenvalue weighted by Gasteiger charge is -2.19. The zero-order valence-corrected chi connectivity index (χ0v) is 12.0. The number of likely N-dealkylation sites (N-methyl/N-ethyl adjacent to an activating group) is 1. The lowest BCUT2D eigenvalue weighted by molar-refractivity contribution is 0.453. The van der Waals surface area contributed by atoms with Gasteiger partial charge in [-0.15, -0.1) is 0 Å². The lowest BCUT2D eigenvalue weighted by atomic mass is 10.1. The first-order valence-electron chi connectivity index (χ1n) is 5.29. The van der Waals surface area contributed by atoms with Gasteiger partial charge < -0.3 is 9.80 Å². The minimum atomic E-state index is 0.948. The van der Waals surface area contributed by atoms with E-state index in [1.165, 1.54) is 11.3 Å². The van der Waals surface area contributed by atoms with Gasteiger partial charge in [-0.2, -0.15) is 0 Å². The van der Waals surface area contributed by atoms with Crippen molar-refractivity contribution in [2.45, 2.75) is 0 Å². The first-order chi connectivity index (χ1) is 7.50. The summed E-state index contributed by atoms with van der Waals surface area (Å²) < 4.78 is 1.11. The standard InChI is InChI=1S/C13H19BrN2/c1-15(2)10-9-13(16(3)4)11-5-7-12(14)8-6-11/h5-9H,10H2,1-4H3. The smallest absolute Gasteiger partial charge is 0.0407 e. The molecule has 0 aliphatic carbocycles. The molecule has 3 heteroatoms. The van der Waals surface area contributed by atoms with Crippen molar-refractivity contribution in [1.82, 2.24) is 9.80 Å². The van der Waals surface area contributed by atoms with E-state index in [9.17, 15) is 0 Å². The summed E-state index contributed by atoms with van der Waals surface area (Å²) in [6.07, 6.45) is 2.24. The van der Waals surface area contributed by atoms with E-state index in [1.807, 2.05) is 0 Å². The highest BCUT2D eigenvalue weighted by molar-refractivity contribution is 9.10. The number of benzene rings is 1. The van der Waals surface area contributed by atoms with Gasteiger partial charge in [0.15, 0.2) is 0 Å². The van der Waals surface area contributed by atoms with Crippen LogP contribution in [0.3, 0.4) is 0 Å². The fraction of sp³-hybridized carbons (Fsp3) is 0.385. The van der Waals surface area contributed by atoms with Crippen molar-refractivity contribution in [2.75, 3.05) is 34.7 Å². The van der Waals surface area contributed by atoms with Crippen molar-refractivity contribution < 1.29 is 0 Å². The monoisotopic (exact) mass is 282 g/mol. The zero-order chi connectivity index (χ0) is 12.1. The predicted molar refractivity (Wildman–Crippen MR) is 74.4 cm³/mol. The summed E-state index contributed by atoms with van der Waals surface area (Å²) in [6.45, 7) is 0.948. The third kappa shape index (κ3) is 3.99. The van der Waals surface area contributed by atoms with Gasteiger partial charge in [0.1, 0.15) is 0 Å². The molecule has 2 nitrogen and oxygen atoms in total. The van der Waals surface area contributed by atoms with Gasteiger partial charge in [-0.1, -0.05) is 28.1 Å². The van der Waals surface area contributed by atoms with E-state index in [2.05, 4.69) is 84.3 Å². The summed E-state index contributed by atoms with van der Waals surface area (Å²) in [5.74, 6) is 0. The average molecular weight is 283 g/mol. The Kier molecular flexibility index (Phi) is 5.03. The summed E-state index contributed by atoms with van der Waals surface area (Å²) in [6, 6.07) is 8.40. The van der Waals surface area contributed by atoms with Crippen LogP contribution >= 0.6 is 15.9 Å². The summed E-state index contributed by atoms with van der Waals surface area (Å²) in [4.78, 5) is 4.30. The summed E-state index contributed by atoms with van der Waals surface area (Å²) >= 11 is 3.45. The maximum absolute atomic E-state index is 3.45. The molecule has 0 aliphatic rings. The van der Waals surface area contributed by atoms with Crippen molar-refractivity contribution >= 4 is 21.6 Å². The molecule has 0 saturated heterocycles. The molecule has 0 spiro atoms. The molecule has 0 aromatic heterocycles. The molecule has 0 radical (unpaired) electrons. The van der Waals surface area contributed by atoms with E-state index >= 15 is 0 Å². The highest BCUT2D eigenvalue weighted by atomic mass is 79.9. The van der Waals surface area contributed by atoms with Gasteiger partial charge in [0.25, 0.3) is 0 Å². The molecule has 0 aliphatic heterocycles. The zero-order valence-electron chi connectivity index (χ0n) is 10.4. The normalized spacial score (nSPS) is 12.0. The molecule has 1 aromatic carbocycles. The first-order valence-corrected chi connectivity index (χ1v) is 6.08. The number of hydrogen-bond donors (Lipinski definition) is 0. The van der Waals surface area contributed by atoms with Crippen LogP contribution in [0.5, 0.6) is 0 Å². The molecule has 88 valence electrons. The molecule has 0 saturated carbocycles. The lowest BCUT2D eigenvalue weighted by Crippen LogP contribution is -2.15. The van der Waals surface area contributed by atoms with Crippen LogP contribution in [0.15, 0.2) is 34.8 Å². The van der Waals surface area contributed by atoms with Crippen LogP contribution in [-0.4, -0.2) is 44.5 Å². The van der Waals surface area contributed by atoms with Gasteiger partial charge >= 0.3 is 0 Å². The fourth-order valence-corrected chi connectivity index (χ4v) is 1.71. The van der Waals surface area contributed by atoms with Gasteiger partial charge in [-0.25, -0.2) is 0 Å². The third-order valence-electron chi connectivity index (χ3n) is 2.27. The minimum absolute atomic E-state index is 0.948. The van der Waals surface area contributed by atoms with Crippen molar-refractivity contribution in [3.05, 3.63) is 40.4 Å². The number of rotatable bonds is 4. The molecule has 0 N–H and O–H groups in total. The maximum Gasteiger partial charge on any atom is 0.0407 e. The fourth-order valence-electron chi connectivity index (χ4n) is 1.45. The Bertz CT molecular complexity index is 353. The topological polar surface area (TPSA) is 6.48 Å². The average Bonchev–Trinajstić information content (AvgIpc) is 2.20. The Morgan fingerprint density at radius 3 is 2.12 bits per heavy atom. The quantitative estimate of drug-likeness (QED) is 0.838. The van der Waals surface area contributed by atoms with Crippen LogP contribution < -0.4 is 0 Å². The number of hydrogen-bond acceptors (Lipinski definition) is 2. The highest BCUT2D eigenvalue weighted by Gasteiger charge is 2.03. The van der Waals surface area contributed by atoms with Gasteiger partial charge in [0.2, 0.25) is 0 Å². The van der Waals surface area contributed by atoms with E-state index in [0.29, 0.717) is 0 Å². The van der Waals surface area contributed by atoms with Gasteiger partial charge in [-0.3, -0.25) is 0 Å². The maximum atomic E-state index is 3.45. The van der Waals surface area contributed by atoms with E-state index in [4.69, 9.17) is 0 Å². The number of halogens is 1. The van der Waals surface area contributed by atoms with E-state index in [0.717, 1.165) is 11.0 Å². The summed E-state index contributed by atoms with van der Waals surface area (Å²) in [5, 5.41) is 0. The van der Waals surface area contributed by atoms with Crippen molar-refractivity contribution in [2.24, 2.45) is 0 Å². The Balaban J connectivity index is 2.94. The van der Waals surface area contributed by atoms with Gasteiger partial charge in [0.05, 0.1) is 0 Å². The van der Waals surface area contributed by atoms with E-state index < -0.39 is 0 Å². The second-order valence-corrected chi connectivity index (χ2v) is 5.17. The molecule has 0 unspecified atom stereocenters. The van der Waals surface area contributed by atoms with Crippen LogP contribution in [-0.2, 0) is 0 Å². The molecular formula is C13H19BrN2. The second-order valence-electron chi connectivity index (χ2n) is 4.25. The van der Waals surface area contributed by atoms with Crippen LogP contribution in [0.25, 0.3) is 5.70 Å². The molecule has 0 amide bonds. The van der Waals surface area contributed by atoms with Crippen LogP contribution in [0, 0.1) is 0 Å². The highest BCUT2D eigenvalue weighted by Crippen LogP contribution is 2.19. The third-order valence-corrected chi connectivity index (χ3v) is 2.80. The largest absolute Gasteiger partial charge is 0.377 e. The molecule has 0 heterocycles. The van der Waals surface area contributed by atoms with Crippen molar-refractivity contribution in [3.63, 3.8) is 0 Å². The molecule has 1 rings (SSSR count). The summed E-state index contributed by atoms with van der Waals surface area (Å²) in [7, 11) is 8.30. The SMILES string of the molecule is CN(C)CC=C(c1ccc(Br)cc1)N(C)C. The minimum Gasteiger partial charge on any atom is -0.377 e. The molecule has 16 heavy (non-hydrogen) atoms. The van der Waals surface area contributed by atoms with E-state index in [-0.39, 0.29) is 0 Å². The van der Waals surface area contributed by atoms with Gasteiger partial charge in [0, 0.05) is 30.8 Å². The molecule has 0 fully saturated rings. The number of nitrogens with zero attached hydrogens (tertiary/aromatic N) is 2. The van der Waals surface area contributed by atoms with Gasteiger partial charge in [-0.05, 0) is 37.9 Å². The van der Waals surface area contributed by atoms with Crippen LogP contribution in [0.4, 0.5) is 0 Å². The Morgan fingerprint density at radius 2 is 1.69 bits per heavy atom. The van der Waals surface area contributed by atoms with Crippen LogP contribution in [0.2, 0.25) is 0 Å². The van der Waals surface area contributed by atoms with Crippen LogP contribution in [0.1, 0.15) is 5.56 Å². The Morgan fingerprint density at radius 1 is 1.12 bits per heavy atom. The van der Waals surface area contributed by atoms with Crippen molar-refractivity contribution in [1.29, 1.82) is 0 Å². The van der Waals surface area contributed by atoms with E-state index in [1.54, 1.807) is 0 Å². The Hall–Kier alpha value is -0.800. The first kappa shape index (κ1) is 13.3. The Labute approximate surface area is 107 Å². The predicted octanol–water partition coefficient (Wildman–Crippen LogP) is 2.91. The van der Waals surface area contributed by atoms with Crippen molar-refractivity contribution in [3.8, 4) is 0 Å². The molecule has 0 bridgehead atoms. The molecular weight excluding hydrogens is 264 g/mol.